The molecule has 4 nitrogen and oxygen atoms in total. The SMILES string of the molecule is NC(CO)CCN1CCN(c2ccccc2)CC1. The lowest BCUT2D eigenvalue weighted by atomic mass is 10.2. The van der Waals surface area contributed by atoms with E-state index in [9.17, 15) is 0 Å². The van der Waals surface area contributed by atoms with Crippen molar-refractivity contribution in [2.24, 2.45) is 5.73 Å². The Kier molecular flexibility index (Phi) is 4.99. The minimum atomic E-state index is -0.0721. The van der Waals surface area contributed by atoms with Gasteiger partial charge in [-0.2, -0.15) is 0 Å². The van der Waals surface area contributed by atoms with E-state index in [0.29, 0.717) is 0 Å². The summed E-state index contributed by atoms with van der Waals surface area (Å²) in [5.74, 6) is 0. The predicted octanol–water partition coefficient (Wildman–Crippen LogP) is 0.518. The van der Waals surface area contributed by atoms with Crippen LogP contribution in [0.15, 0.2) is 30.3 Å². The maximum absolute atomic E-state index is 8.90. The number of rotatable bonds is 5. The van der Waals surface area contributed by atoms with Crippen LogP contribution in [0.4, 0.5) is 5.69 Å². The second-order valence-corrected chi connectivity index (χ2v) is 4.90. The molecule has 0 aliphatic carbocycles. The lowest BCUT2D eigenvalue weighted by Crippen LogP contribution is -2.47. The van der Waals surface area contributed by atoms with E-state index in [1.54, 1.807) is 0 Å². The molecule has 1 unspecified atom stereocenters. The van der Waals surface area contributed by atoms with Gasteiger partial charge in [0, 0.05) is 37.9 Å². The monoisotopic (exact) mass is 249 g/mol. The smallest absolute Gasteiger partial charge is 0.0583 e. The van der Waals surface area contributed by atoms with Crippen LogP contribution in [-0.4, -0.2) is 55.4 Å². The number of aliphatic hydroxyl groups is 1. The summed E-state index contributed by atoms with van der Waals surface area (Å²) in [6, 6.07) is 10.5. The number of aliphatic hydroxyl groups excluding tert-OH is 1. The highest BCUT2D eigenvalue weighted by Crippen LogP contribution is 2.15. The molecular formula is C14H23N3O. The van der Waals surface area contributed by atoms with Gasteiger partial charge in [-0.3, -0.25) is 4.90 Å². The first kappa shape index (κ1) is 13.3. The zero-order valence-corrected chi connectivity index (χ0v) is 10.8. The topological polar surface area (TPSA) is 52.7 Å². The van der Waals surface area contributed by atoms with Crippen molar-refractivity contribution in [1.82, 2.24) is 4.90 Å². The number of para-hydroxylation sites is 1. The fraction of sp³-hybridized carbons (Fsp3) is 0.571. The molecule has 0 aromatic heterocycles. The quantitative estimate of drug-likeness (QED) is 0.799. The van der Waals surface area contributed by atoms with Crippen LogP contribution >= 0.6 is 0 Å². The van der Waals surface area contributed by atoms with E-state index in [2.05, 4.69) is 40.1 Å². The van der Waals surface area contributed by atoms with Crippen molar-refractivity contribution in [2.75, 3.05) is 44.2 Å². The molecule has 1 aromatic carbocycles. The molecule has 18 heavy (non-hydrogen) atoms. The molecule has 1 aliphatic heterocycles. The second-order valence-electron chi connectivity index (χ2n) is 4.90. The van der Waals surface area contributed by atoms with Gasteiger partial charge in [0.05, 0.1) is 6.61 Å². The predicted molar refractivity (Wildman–Crippen MR) is 74.8 cm³/mol. The Morgan fingerprint density at radius 3 is 2.39 bits per heavy atom. The van der Waals surface area contributed by atoms with Crippen molar-refractivity contribution in [3.05, 3.63) is 30.3 Å². The third-order valence-corrected chi connectivity index (χ3v) is 3.54. The minimum absolute atomic E-state index is 0.0721. The molecule has 1 aliphatic rings. The Balaban J connectivity index is 1.75. The first-order valence-corrected chi connectivity index (χ1v) is 6.68. The van der Waals surface area contributed by atoms with Crippen molar-refractivity contribution >= 4 is 5.69 Å². The van der Waals surface area contributed by atoms with E-state index < -0.39 is 0 Å². The summed E-state index contributed by atoms with van der Waals surface area (Å²) in [7, 11) is 0. The van der Waals surface area contributed by atoms with Gasteiger partial charge in [-0.05, 0) is 25.1 Å². The van der Waals surface area contributed by atoms with Crippen molar-refractivity contribution in [1.29, 1.82) is 0 Å². The van der Waals surface area contributed by atoms with Gasteiger partial charge in [-0.25, -0.2) is 0 Å². The van der Waals surface area contributed by atoms with E-state index in [1.165, 1.54) is 5.69 Å². The average Bonchev–Trinajstić information content (AvgIpc) is 2.46. The molecule has 0 radical (unpaired) electrons. The molecule has 1 aromatic rings. The van der Waals surface area contributed by atoms with E-state index in [1.807, 2.05) is 0 Å². The van der Waals surface area contributed by atoms with Crippen LogP contribution in [0, 0.1) is 0 Å². The van der Waals surface area contributed by atoms with Crippen molar-refractivity contribution in [2.45, 2.75) is 12.5 Å². The van der Waals surface area contributed by atoms with Crippen LogP contribution in [0.3, 0.4) is 0 Å². The fourth-order valence-electron chi connectivity index (χ4n) is 2.31. The number of piperazine rings is 1. The summed E-state index contributed by atoms with van der Waals surface area (Å²) in [6.45, 7) is 5.37. The lowest BCUT2D eigenvalue weighted by Gasteiger charge is -2.36. The Morgan fingerprint density at radius 2 is 1.78 bits per heavy atom. The van der Waals surface area contributed by atoms with Gasteiger partial charge < -0.3 is 15.7 Å². The van der Waals surface area contributed by atoms with Gasteiger partial charge in [0.2, 0.25) is 0 Å². The standard InChI is InChI=1S/C14H23N3O/c15-13(12-18)6-7-16-8-10-17(11-9-16)14-4-2-1-3-5-14/h1-5,13,18H,6-12,15H2. The van der Waals surface area contributed by atoms with E-state index in [0.717, 1.165) is 39.1 Å². The molecule has 0 amide bonds. The molecule has 1 atom stereocenters. The Labute approximate surface area is 109 Å². The highest BCUT2D eigenvalue weighted by Gasteiger charge is 2.17. The maximum Gasteiger partial charge on any atom is 0.0583 e. The van der Waals surface area contributed by atoms with Crippen LogP contribution in [0.5, 0.6) is 0 Å². The molecule has 1 fully saturated rings. The van der Waals surface area contributed by atoms with Crippen LogP contribution in [0.2, 0.25) is 0 Å². The summed E-state index contributed by atoms with van der Waals surface area (Å²) in [5, 5.41) is 8.90. The summed E-state index contributed by atoms with van der Waals surface area (Å²) >= 11 is 0. The molecule has 1 saturated heterocycles. The van der Waals surface area contributed by atoms with E-state index in [4.69, 9.17) is 10.8 Å². The van der Waals surface area contributed by atoms with Crippen LogP contribution in [0.25, 0.3) is 0 Å². The largest absolute Gasteiger partial charge is 0.395 e. The maximum atomic E-state index is 8.90. The molecule has 0 saturated carbocycles. The molecule has 100 valence electrons. The summed E-state index contributed by atoms with van der Waals surface area (Å²) in [6.07, 6.45) is 0.877. The summed E-state index contributed by atoms with van der Waals surface area (Å²) in [4.78, 5) is 4.84. The highest BCUT2D eigenvalue weighted by molar-refractivity contribution is 5.46. The Hall–Kier alpha value is -1.10. The molecule has 3 N–H and O–H groups in total. The van der Waals surface area contributed by atoms with Crippen LogP contribution in [-0.2, 0) is 0 Å². The van der Waals surface area contributed by atoms with Crippen LogP contribution in [0.1, 0.15) is 6.42 Å². The van der Waals surface area contributed by atoms with Gasteiger partial charge >= 0.3 is 0 Å². The third kappa shape index (κ3) is 3.70. The number of anilines is 1. The molecule has 4 heteroatoms. The number of nitrogens with zero attached hydrogens (tertiary/aromatic N) is 2. The molecular weight excluding hydrogens is 226 g/mol. The fourth-order valence-corrected chi connectivity index (χ4v) is 2.31. The number of hydrogen-bond acceptors (Lipinski definition) is 4. The Bertz CT molecular complexity index is 336. The lowest BCUT2D eigenvalue weighted by molar-refractivity contribution is 0.217. The minimum Gasteiger partial charge on any atom is -0.395 e. The van der Waals surface area contributed by atoms with Crippen molar-refractivity contribution in [3.63, 3.8) is 0 Å². The summed E-state index contributed by atoms with van der Waals surface area (Å²) in [5.41, 5.74) is 7.03. The number of benzene rings is 1. The second kappa shape index (κ2) is 6.73. The molecule has 0 spiro atoms. The molecule has 1 heterocycles. The zero-order chi connectivity index (χ0) is 12.8. The number of nitrogens with two attached hydrogens (primary N) is 1. The zero-order valence-electron chi connectivity index (χ0n) is 10.8. The third-order valence-electron chi connectivity index (χ3n) is 3.54. The molecule has 2 rings (SSSR count). The first-order chi connectivity index (χ1) is 8.79. The van der Waals surface area contributed by atoms with Gasteiger partial charge in [-0.1, -0.05) is 18.2 Å². The van der Waals surface area contributed by atoms with Gasteiger partial charge in [0.25, 0.3) is 0 Å². The highest BCUT2D eigenvalue weighted by atomic mass is 16.3. The number of hydrogen-bond donors (Lipinski definition) is 2. The summed E-state index contributed by atoms with van der Waals surface area (Å²) < 4.78 is 0. The van der Waals surface area contributed by atoms with Crippen molar-refractivity contribution < 1.29 is 5.11 Å². The average molecular weight is 249 g/mol. The van der Waals surface area contributed by atoms with Crippen LogP contribution < -0.4 is 10.6 Å². The van der Waals surface area contributed by atoms with Gasteiger partial charge in [0.15, 0.2) is 0 Å². The Morgan fingerprint density at radius 1 is 1.11 bits per heavy atom. The van der Waals surface area contributed by atoms with Gasteiger partial charge in [-0.15, -0.1) is 0 Å². The molecule has 0 bridgehead atoms. The van der Waals surface area contributed by atoms with Gasteiger partial charge in [0.1, 0.15) is 0 Å². The van der Waals surface area contributed by atoms with E-state index >= 15 is 0 Å². The first-order valence-electron chi connectivity index (χ1n) is 6.68. The van der Waals surface area contributed by atoms with Crippen molar-refractivity contribution in [3.8, 4) is 0 Å². The normalized spacial score (nSPS) is 18.9. The van der Waals surface area contributed by atoms with E-state index in [-0.39, 0.29) is 12.6 Å².